The van der Waals surface area contributed by atoms with E-state index in [1.807, 2.05) is 10.4 Å². The molecule has 0 N–H and O–H groups in total. The average molecular weight is 611 g/mol. The first-order valence-electron chi connectivity index (χ1n) is 13.8. The van der Waals surface area contributed by atoms with Crippen LogP contribution in [0.3, 0.4) is 0 Å². The topological polar surface area (TPSA) is 0 Å². The molecule has 2 aliphatic rings. The van der Waals surface area contributed by atoms with Crippen molar-refractivity contribution in [1.29, 1.82) is 0 Å². The Labute approximate surface area is 235 Å². The van der Waals surface area contributed by atoms with E-state index in [0.29, 0.717) is 6.69 Å². The van der Waals surface area contributed by atoms with E-state index in [2.05, 4.69) is 142 Å². The molecule has 0 aromatic rings. The Morgan fingerprint density at radius 2 is 0.686 bits per heavy atom. The Balaban J connectivity index is 3.03. The summed E-state index contributed by atoms with van der Waals surface area (Å²) in [6.07, 6.45) is 11.6. The number of hydrogen-bond donors (Lipinski definition) is 0. The fourth-order valence-corrected chi connectivity index (χ4v) is 33.2. The van der Waals surface area contributed by atoms with Crippen molar-refractivity contribution < 1.29 is 19.2 Å². The van der Waals surface area contributed by atoms with Crippen LogP contribution >= 0.6 is 0 Å². The van der Waals surface area contributed by atoms with E-state index in [1.165, 1.54) is 0 Å². The first-order valence-corrected chi connectivity index (χ1v) is 36.4. The number of rotatable bonds is 8. The van der Waals surface area contributed by atoms with E-state index in [1.54, 1.807) is 10.4 Å². The molecule has 35 heavy (non-hydrogen) atoms. The van der Waals surface area contributed by atoms with Gasteiger partial charge in [0.1, 0.15) is 0 Å². The molecule has 0 aromatic heterocycles. The molecule has 0 radical (unpaired) electrons. The summed E-state index contributed by atoms with van der Waals surface area (Å²) in [4.78, 5) is 0. The third-order valence-corrected chi connectivity index (χ3v) is 34.1. The van der Waals surface area contributed by atoms with Gasteiger partial charge in [-0.3, -0.25) is 0 Å². The van der Waals surface area contributed by atoms with E-state index in [4.69, 9.17) is 0 Å². The fourth-order valence-electron chi connectivity index (χ4n) is 5.86. The van der Waals surface area contributed by atoms with Gasteiger partial charge in [-0.05, 0) is 0 Å². The third-order valence-electron chi connectivity index (χ3n) is 8.30. The molecule has 2 aliphatic carbocycles. The normalized spacial score (nSPS) is 26.9. The molecule has 0 heterocycles. The van der Waals surface area contributed by atoms with Crippen LogP contribution in [-0.2, 0) is 19.2 Å². The van der Waals surface area contributed by atoms with Crippen LogP contribution in [0.5, 0.6) is 0 Å². The zero-order chi connectivity index (χ0) is 27.8. The molecule has 2 atom stereocenters. The maximum absolute atomic E-state index is 2.98. The standard InChI is InChI=1S/2C14H29Si3.Ti/c2*1-15(2,3)12-10-13(16(4,5)6)14(11-12)17(7,8)9;/h2*10-11H,1-9H3;. The van der Waals surface area contributed by atoms with Crippen LogP contribution in [0.2, 0.25) is 125 Å². The summed E-state index contributed by atoms with van der Waals surface area (Å²) in [6.45, 7) is 47.7. The zero-order valence-electron chi connectivity index (χ0n) is 26.8. The van der Waals surface area contributed by atoms with Crippen molar-refractivity contribution in [3.63, 3.8) is 0 Å². The van der Waals surface area contributed by atoms with Crippen molar-refractivity contribution in [2.45, 2.75) is 125 Å². The van der Waals surface area contributed by atoms with Gasteiger partial charge < -0.3 is 0 Å². The average Bonchev–Trinajstić information content (AvgIpc) is 3.13. The van der Waals surface area contributed by atoms with E-state index in [0.717, 1.165) is 0 Å². The second kappa shape index (κ2) is 9.28. The molecule has 0 saturated carbocycles. The second-order valence-corrected chi connectivity index (χ2v) is 52.8. The molecule has 0 bridgehead atoms. The second-order valence-electron chi connectivity index (χ2n) is 17.6. The molecule has 0 aromatic carbocycles. The van der Waals surface area contributed by atoms with E-state index in [9.17, 15) is 0 Å². The van der Waals surface area contributed by atoms with E-state index in [-0.39, 0.29) is 19.2 Å². The Bertz CT molecular complexity index is 895. The van der Waals surface area contributed by atoms with E-state index < -0.39 is 48.4 Å². The maximum atomic E-state index is 2.98. The van der Waals surface area contributed by atoms with Gasteiger partial charge in [0.15, 0.2) is 0 Å². The predicted octanol–water partition coefficient (Wildman–Crippen LogP) is 10.4. The summed E-state index contributed by atoms with van der Waals surface area (Å²) in [7, 11) is -8.86. The zero-order valence-corrected chi connectivity index (χ0v) is 34.4. The molecular weight excluding hydrogens is 553 g/mol. The summed E-state index contributed by atoms with van der Waals surface area (Å²) in [5.74, 6) is 0. The monoisotopic (exact) mass is 610 g/mol. The van der Waals surface area contributed by atoms with Crippen LogP contribution in [0.4, 0.5) is 0 Å². The van der Waals surface area contributed by atoms with Crippen LogP contribution < -0.4 is 0 Å². The minimum atomic E-state index is -1.56. The van der Waals surface area contributed by atoms with Crippen LogP contribution in [-0.4, -0.2) is 48.4 Å². The van der Waals surface area contributed by atoms with E-state index >= 15 is 0 Å². The molecule has 7 heteroatoms. The van der Waals surface area contributed by atoms with Gasteiger partial charge >= 0.3 is 237 Å². The summed E-state index contributed by atoms with van der Waals surface area (Å²) in [5.41, 5.74) is 0. The first-order chi connectivity index (χ1) is 15.1. The predicted molar refractivity (Wildman–Crippen MR) is 178 cm³/mol. The third kappa shape index (κ3) is 6.10. The fraction of sp³-hybridized carbons (Fsp3) is 0.714. The molecule has 0 nitrogen and oxygen atoms in total. The van der Waals surface area contributed by atoms with Gasteiger partial charge in [-0.2, -0.15) is 0 Å². The van der Waals surface area contributed by atoms with Crippen molar-refractivity contribution in [1.82, 2.24) is 0 Å². The Kier molecular flexibility index (Phi) is 8.53. The summed E-state index contributed by atoms with van der Waals surface area (Å²) in [6, 6.07) is 0. The summed E-state index contributed by atoms with van der Waals surface area (Å²) < 4.78 is 0.801. The van der Waals surface area contributed by atoms with Crippen LogP contribution in [0, 0.1) is 0 Å². The van der Waals surface area contributed by atoms with Crippen LogP contribution in [0.25, 0.3) is 0 Å². The van der Waals surface area contributed by atoms with Crippen molar-refractivity contribution in [2.75, 3.05) is 0 Å². The molecule has 2 rings (SSSR count). The van der Waals surface area contributed by atoms with Crippen molar-refractivity contribution >= 4 is 48.4 Å². The number of hydrogen-bond acceptors (Lipinski definition) is 0. The van der Waals surface area contributed by atoms with Crippen LogP contribution in [0.15, 0.2) is 45.1 Å². The number of allylic oxidation sites excluding steroid dienone is 8. The van der Waals surface area contributed by atoms with Crippen molar-refractivity contribution in [3.8, 4) is 0 Å². The van der Waals surface area contributed by atoms with Gasteiger partial charge in [-0.15, -0.1) is 0 Å². The Morgan fingerprint density at radius 1 is 0.429 bits per heavy atom. The quantitative estimate of drug-likeness (QED) is 0.240. The van der Waals surface area contributed by atoms with Crippen LogP contribution in [0.1, 0.15) is 0 Å². The molecule has 0 spiro atoms. The van der Waals surface area contributed by atoms with Gasteiger partial charge in [0.05, 0.1) is 0 Å². The van der Waals surface area contributed by atoms with Gasteiger partial charge in [0.25, 0.3) is 0 Å². The summed E-state index contributed by atoms with van der Waals surface area (Å²) >= 11 is -0.355. The molecule has 198 valence electrons. The van der Waals surface area contributed by atoms with Gasteiger partial charge in [0.2, 0.25) is 0 Å². The Morgan fingerprint density at radius 3 is 0.857 bits per heavy atom. The Hall–Kier alpha value is 0.976. The molecule has 0 saturated heterocycles. The summed E-state index contributed by atoms with van der Waals surface area (Å²) in [5, 5.41) is 7.45. The SMILES string of the molecule is C[Si](C)(C)C1=C[C]([Ti][C]2([Si](C)(C)C)C=C([Si](C)(C)C)C=C2[Si](C)(C)C)([Si](C)(C)C)C([Si](C)(C)C)=C1. The van der Waals surface area contributed by atoms with Crippen molar-refractivity contribution in [3.05, 3.63) is 45.1 Å². The first kappa shape index (κ1) is 32.2. The van der Waals surface area contributed by atoms with Gasteiger partial charge in [-0.1, -0.05) is 0 Å². The molecular formula is C28H58Si6Ti. The molecule has 2 unspecified atom stereocenters. The minimum absolute atomic E-state index is 0.355. The molecule has 0 fully saturated rings. The molecule has 0 amide bonds. The van der Waals surface area contributed by atoms with Gasteiger partial charge in [-0.25, -0.2) is 0 Å². The van der Waals surface area contributed by atoms with Crippen molar-refractivity contribution in [2.24, 2.45) is 0 Å². The van der Waals surface area contributed by atoms with Gasteiger partial charge in [0, 0.05) is 0 Å². The molecule has 0 aliphatic heterocycles.